The Hall–Kier alpha value is -2.43. The maximum absolute atomic E-state index is 12.3. The summed E-state index contributed by atoms with van der Waals surface area (Å²) in [6.45, 7) is 2.87. The van der Waals surface area contributed by atoms with Gasteiger partial charge in [-0.3, -0.25) is 4.79 Å². The molecule has 1 aromatic heterocycles. The van der Waals surface area contributed by atoms with Crippen molar-refractivity contribution in [2.45, 2.75) is 19.9 Å². The van der Waals surface area contributed by atoms with Crippen molar-refractivity contribution in [2.24, 2.45) is 0 Å². The lowest BCUT2D eigenvalue weighted by molar-refractivity contribution is -0.126. The molecule has 0 radical (unpaired) electrons. The van der Waals surface area contributed by atoms with Gasteiger partial charge in [0.25, 0.3) is 5.91 Å². The van der Waals surface area contributed by atoms with E-state index in [0.29, 0.717) is 5.69 Å². The first kappa shape index (κ1) is 13.5. The average molecular weight is 288 g/mol. The van der Waals surface area contributed by atoms with Crippen molar-refractivity contribution >= 4 is 33.4 Å². The Morgan fingerprint density at radius 1 is 1.14 bits per heavy atom. The lowest BCUT2D eigenvalue weighted by Gasteiger charge is -2.06. The fraction of sp³-hybridized carbons (Fsp3) is 0.188. The number of para-hydroxylation sites is 1. The average Bonchev–Trinajstić information content (AvgIpc) is 2.80. The Bertz CT molecular complexity index is 824. The second-order valence-corrected chi connectivity index (χ2v) is 4.78. The molecule has 3 aromatic rings. The third kappa shape index (κ3) is 2.24. The number of carbonyl (C=O) groups is 1. The van der Waals surface area contributed by atoms with Crippen molar-refractivity contribution in [3.63, 3.8) is 0 Å². The van der Waals surface area contributed by atoms with Gasteiger partial charge in [-0.15, -0.1) is 0 Å². The van der Waals surface area contributed by atoms with Crippen LogP contribution >= 0.6 is 0 Å². The molecule has 1 amide bonds. The SMILES string of the molecule is CCn1c2ccccc2c2cc(NC(=O)C(F)F)ccc21. The van der Waals surface area contributed by atoms with Crippen LogP contribution in [0.3, 0.4) is 0 Å². The van der Waals surface area contributed by atoms with E-state index in [1.54, 1.807) is 12.1 Å². The fourth-order valence-electron chi connectivity index (χ4n) is 2.67. The van der Waals surface area contributed by atoms with E-state index in [1.807, 2.05) is 30.3 Å². The van der Waals surface area contributed by atoms with Crippen LogP contribution in [-0.4, -0.2) is 16.9 Å². The summed E-state index contributed by atoms with van der Waals surface area (Å²) in [5.41, 5.74) is 2.49. The quantitative estimate of drug-likeness (QED) is 0.776. The minimum Gasteiger partial charge on any atom is -0.341 e. The van der Waals surface area contributed by atoms with Crippen molar-refractivity contribution < 1.29 is 13.6 Å². The lowest BCUT2D eigenvalue weighted by atomic mass is 10.1. The Morgan fingerprint density at radius 2 is 1.86 bits per heavy atom. The van der Waals surface area contributed by atoms with Crippen molar-refractivity contribution in [1.29, 1.82) is 0 Å². The van der Waals surface area contributed by atoms with E-state index in [-0.39, 0.29) is 0 Å². The standard InChI is InChI=1S/C16H14F2N2O/c1-2-20-13-6-4-3-5-11(13)12-9-10(7-8-14(12)20)19-16(21)15(17)18/h3-9,15H,2H2,1H3,(H,19,21). The Balaban J connectivity index is 2.17. The van der Waals surface area contributed by atoms with E-state index < -0.39 is 12.3 Å². The molecule has 0 saturated heterocycles. The molecule has 0 aliphatic carbocycles. The van der Waals surface area contributed by atoms with E-state index in [9.17, 15) is 13.6 Å². The normalized spacial score (nSPS) is 11.4. The summed E-state index contributed by atoms with van der Waals surface area (Å²) in [7, 11) is 0. The summed E-state index contributed by atoms with van der Waals surface area (Å²) in [5, 5.41) is 4.22. The van der Waals surface area contributed by atoms with Gasteiger partial charge in [0.15, 0.2) is 0 Å². The molecule has 5 heteroatoms. The highest BCUT2D eigenvalue weighted by atomic mass is 19.3. The first-order valence-corrected chi connectivity index (χ1v) is 6.72. The van der Waals surface area contributed by atoms with Gasteiger partial charge in [-0.2, -0.15) is 8.78 Å². The topological polar surface area (TPSA) is 34.0 Å². The van der Waals surface area contributed by atoms with Crippen molar-refractivity contribution in [1.82, 2.24) is 4.57 Å². The van der Waals surface area contributed by atoms with Gasteiger partial charge in [-0.05, 0) is 31.2 Å². The van der Waals surface area contributed by atoms with E-state index in [2.05, 4.69) is 16.8 Å². The Kier molecular flexibility index (Phi) is 3.33. The predicted octanol–water partition coefficient (Wildman–Crippen LogP) is 4.02. The number of hydrogen-bond donors (Lipinski definition) is 1. The van der Waals surface area contributed by atoms with Crippen molar-refractivity contribution in [2.75, 3.05) is 5.32 Å². The number of alkyl halides is 2. The van der Waals surface area contributed by atoms with Crippen LogP contribution in [0.1, 0.15) is 6.92 Å². The van der Waals surface area contributed by atoms with E-state index >= 15 is 0 Å². The van der Waals surface area contributed by atoms with Gasteiger partial charge in [0.2, 0.25) is 0 Å². The van der Waals surface area contributed by atoms with Gasteiger partial charge < -0.3 is 9.88 Å². The molecule has 0 unspecified atom stereocenters. The zero-order valence-electron chi connectivity index (χ0n) is 11.4. The zero-order valence-corrected chi connectivity index (χ0v) is 11.4. The van der Waals surface area contributed by atoms with Crippen molar-refractivity contribution in [3.8, 4) is 0 Å². The molecule has 0 aliphatic rings. The summed E-state index contributed by atoms with van der Waals surface area (Å²) >= 11 is 0. The van der Waals surface area contributed by atoms with Crippen LogP contribution in [0.5, 0.6) is 0 Å². The molecule has 0 fully saturated rings. The molecule has 108 valence electrons. The molecule has 0 spiro atoms. The molecular weight excluding hydrogens is 274 g/mol. The number of hydrogen-bond acceptors (Lipinski definition) is 1. The summed E-state index contributed by atoms with van der Waals surface area (Å²) in [6.07, 6.45) is -3.02. The van der Waals surface area contributed by atoms with Crippen LogP contribution in [0.4, 0.5) is 14.5 Å². The molecule has 0 aliphatic heterocycles. The zero-order chi connectivity index (χ0) is 15.0. The fourth-order valence-corrected chi connectivity index (χ4v) is 2.67. The highest BCUT2D eigenvalue weighted by Gasteiger charge is 2.16. The number of fused-ring (bicyclic) bond motifs is 3. The minimum atomic E-state index is -3.02. The molecule has 0 atom stereocenters. The number of rotatable bonds is 3. The number of anilines is 1. The Morgan fingerprint density at radius 3 is 2.57 bits per heavy atom. The predicted molar refractivity (Wildman–Crippen MR) is 79.8 cm³/mol. The van der Waals surface area contributed by atoms with Gasteiger partial charge in [-0.1, -0.05) is 18.2 Å². The van der Waals surface area contributed by atoms with Gasteiger partial charge in [0.1, 0.15) is 0 Å². The summed E-state index contributed by atoms with van der Waals surface area (Å²) < 4.78 is 26.8. The first-order valence-electron chi connectivity index (χ1n) is 6.72. The lowest BCUT2D eigenvalue weighted by Crippen LogP contribution is -2.19. The number of carbonyl (C=O) groups excluding carboxylic acids is 1. The smallest absolute Gasteiger partial charge is 0.315 e. The second-order valence-electron chi connectivity index (χ2n) is 4.78. The maximum atomic E-state index is 12.3. The van der Waals surface area contributed by atoms with Gasteiger partial charge in [0.05, 0.1) is 0 Å². The highest BCUT2D eigenvalue weighted by Crippen LogP contribution is 2.30. The van der Waals surface area contributed by atoms with Crippen LogP contribution in [0.2, 0.25) is 0 Å². The summed E-state index contributed by atoms with van der Waals surface area (Å²) in [4.78, 5) is 11.1. The summed E-state index contributed by atoms with van der Waals surface area (Å²) in [6, 6.07) is 13.1. The molecule has 3 rings (SSSR count). The third-order valence-electron chi connectivity index (χ3n) is 3.55. The number of halogens is 2. The molecule has 2 aromatic carbocycles. The number of aromatic nitrogens is 1. The molecule has 0 bridgehead atoms. The largest absolute Gasteiger partial charge is 0.341 e. The monoisotopic (exact) mass is 288 g/mol. The van der Waals surface area contributed by atoms with Crippen LogP contribution in [-0.2, 0) is 11.3 Å². The molecule has 1 heterocycles. The first-order chi connectivity index (χ1) is 10.1. The minimum absolute atomic E-state index is 0.381. The van der Waals surface area contributed by atoms with Crippen molar-refractivity contribution in [3.05, 3.63) is 42.5 Å². The maximum Gasteiger partial charge on any atom is 0.315 e. The van der Waals surface area contributed by atoms with E-state index in [4.69, 9.17) is 0 Å². The second kappa shape index (κ2) is 5.16. The van der Waals surface area contributed by atoms with Crippen LogP contribution in [0.25, 0.3) is 21.8 Å². The van der Waals surface area contributed by atoms with Gasteiger partial charge >= 0.3 is 6.43 Å². The Labute approximate surface area is 120 Å². The number of aryl methyl sites for hydroxylation is 1. The van der Waals surface area contributed by atoms with Crippen LogP contribution < -0.4 is 5.32 Å². The summed E-state index contributed by atoms with van der Waals surface area (Å²) in [5.74, 6) is -1.28. The van der Waals surface area contributed by atoms with Gasteiger partial charge in [-0.25, -0.2) is 0 Å². The molecule has 3 nitrogen and oxygen atoms in total. The molecule has 21 heavy (non-hydrogen) atoms. The number of amides is 1. The number of nitrogens with one attached hydrogen (secondary N) is 1. The van der Waals surface area contributed by atoms with E-state index in [0.717, 1.165) is 28.4 Å². The van der Waals surface area contributed by atoms with Crippen LogP contribution in [0.15, 0.2) is 42.5 Å². The van der Waals surface area contributed by atoms with Gasteiger partial charge in [0, 0.05) is 34.0 Å². The van der Waals surface area contributed by atoms with Crippen LogP contribution in [0, 0.1) is 0 Å². The van der Waals surface area contributed by atoms with E-state index in [1.165, 1.54) is 0 Å². The molecule has 1 N–H and O–H groups in total. The number of benzene rings is 2. The molecule has 0 saturated carbocycles. The highest BCUT2D eigenvalue weighted by molar-refractivity contribution is 6.09. The molecular formula is C16H14F2N2O. The third-order valence-corrected chi connectivity index (χ3v) is 3.55. The number of nitrogens with zero attached hydrogens (tertiary/aromatic N) is 1.